The van der Waals surface area contributed by atoms with Crippen LogP contribution in [0.4, 0.5) is 0 Å². The number of hydrogen-bond acceptors (Lipinski definition) is 4. The topological polar surface area (TPSA) is 18.5 Å². The highest BCUT2D eigenvalue weighted by molar-refractivity contribution is 7.99. The van der Waals surface area contributed by atoms with Crippen molar-refractivity contribution in [3.05, 3.63) is 0 Å². The van der Waals surface area contributed by atoms with Crippen LogP contribution >= 0.6 is 11.8 Å². The molecule has 3 nitrogen and oxygen atoms in total. The molecule has 1 N–H and O–H groups in total. The molecule has 1 heterocycles. The zero-order valence-corrected chi connectivity index (χ0v) is 14.0. The summed E-state index contributed by atoms with van der Waals surface area (Å²) in [4.78, 5) is 5.14. The van der Waals surface area contributed by atoms with Crippen molar-refractivity contribution in [2.24, 2.45) is 0 Å². The molecule has 0 amide bonds. The molecule has 4 heteroatoms. The van der Waals surface area contributed by atoms with Crippen LogP contribution in [0.1, 0.15) is 33.6 Å². The summed E-state index contributed by atoms with van der Waals surface area (Å²) < 4.78 is 0. The molecule has 1 aliphatic heterocycles. The Hall–Kier alpha value is 0.230. The molecule has 0 aliphatic carbocycles. The Morgan fingerprint density at radius 2 is 1.68 bits per heavy atom. The Labute approximate surface area is 124 Å². The first kappa shape index (κ1) is 17.3. The van der Waals surface area contributed by atoms with Gasteiger partial charge >= 0.3 is 0 Å². The lowest BCUT2D eigenvalue weighted by atomic mass is 10.2. The highest BCUT2D eigenvalue weighted by Gasteiger charge is 2.14. The van der Waals surface area contributed by atoms with E-state index in [1.165, 1.54) is 70.2 Å². The second kappa shape index (κ2) is 11.0. The van der Waals surface area contributed by atoms with Gasteiger partial charge in [-0.05, 0) is 52.1 Å². The standard InChI is InChI=1S/C15H33N3S/c1-4-17(5-2)10-7-11-18(6-3)12-8-15-14-19-13-9-16-15/h15-16H,4-14H2,1-3H3. The Balaban J connectivity index is 2.10. The molecule has 0 saturated carbocycles. The maximum absolute atomic E-state index is 3.64. The fraction of sp³-hybridized carbons (Fsp3) is 1.00. The summed E-state index contributed by atoms with van der Waals surface area (Å²) >= 11 is 2.10. The van der Waals surface area contributed by atoms with E-state index in [2.05, 4.69) is 47.6 Å². The van der Waals surface area contributed by atoms with Gasteiger partial charge in [-0.2, -0.15) is 11.8 Å². The van der Waals surface area contributed by atoms with Crippen LogP contribution < -0.4 is 5.32 Å². The molecular formula is C15H33N3S. The zero-order chi connectivity index (χ0) is 13.9. The fourth-order valence-corrected chi connectivity index (χ4v) is 3.63. The summed E-state index contributed by atoms with van der Waals surface area (Å²) in [6.45, 7) is 15.3. The average Bonchev–Trinajstić information content (AvgIpc) is 2.48. The third-order valence-corrected chi connectivity index (χ3v) is 5.21. The van der Waals surface area contributed by atoms with Gasteiger partial charge in [-0.1, -0.05) is 20.8 Å². The van der Waals surface area contributed by atoms with Gasteiger partial charge in [-0.25, -0.2) is 0 Å². The van der Waals surface area contributed by atoms with Crippen molar-refractivity contribution in [2.75, 3.05) is 57.3 Å². The number of nitrogens with zero attached hydrogens (tertiary/aromatic N) is 2. The highest BCUT2D eigenvalue weighted by atomic mass is 32.2. The maximum atomic E-state index is 3.64. The summed E-state index contributed by atoms with van der Waals surface area (Å²) in [6.07, 6.45) is 2.62. The number of hydrogen-bond donors (Lipinski definition) is 1. The first-order chi connectivity index (χ1) is 9.30. The first-order valence-corrected chi connectivity index (χ1v) is 9.21. The van der Waals surface area contributed by atoms with E-state index < -0.39 is 0 Å². The summed E-state index contributed by atoms with van der Waals surface area (Å²) in [6, 6.07) is 0.746. The fourth-order valence-electron chi connectivity index (χ4n) is 2.63. The first-order valence-electron chi connectivity index (χ1n) is 8.05. The number of nitrogens with one attached hydrogen (secondary N) is 1. The summed E-state index contributed by atoms with van der Waals surface area (Å²) in [7, 11) is 0. The van der Waals surface area contributed by atoms with Gasteiger partial charge in [-0.15, -0.1) is 0 Å². The van der Waals surface area contributed by atoms with Crippen molar-refractivity contribution in [1.82, 2.24) is 15.1 Å². The molecule has 1 saturated heterocycles. The van der Waals surface area contributed by atoms with Crippen molar-refractivity contribution >= 4 is 11.8 Å². The minimum atomic E-state index is 0.746. The Kier molecular flexibility index (Phi) is 9.96. The lowest BCUT2D eigenvalue weighted by molar-refractivity contribution is 0.236. The van der Waals surface area contributed by atoms with Crippen LogP contribution in [0.15, 0.2) is 0 Å². The highest BCUT2D eigenvalue weighted by Crippen LogP contribution is 2.10. The molecule has 0 bridgehead atoms. The minimum Gasteiger partial charge on any atom is -0.312 e. The van der Waals surface area contributed by atoms with Crippen LogP contribution in [0.5, 0.6) is 0 Å². The summed E-state index contributed by atoms with van der Waals surface area (Å²) in [5, 5.41) is 3.64. The smallest absolute Gasteiger partial charge is 0.0170 e. The van der Waals surface area contributed by atoms with Crippen LogP contribution in [0.25, 0.3) is 0 Å². The molecule has 1 unspecified atom stereocenters. The number of thioether (sulfide) groups is 1. The SMILES string of the molecule is CCN(CC)CCCN(CC)CCC1CSCCN1. The van der Waals surface area contributed by atoms with Gasteiger partial charge in [-0.3, -0.25) is 0 Å². The van der Waals surface area contributed by atoms with Gasteiger partial charge in [0.05, 0.1) is 0 Å². The Morgan fingerprint density at radius 3 is 2.26 bits per heavy atom. The normalized spacial score (nSPS) is 20.4. The molecule has 1 rings (SSSR count). The third kappa shape index (κ3) is 7.54. The molecule has 1 atom stereocenters. The molecule has 1 fully saturated rings. The van der Waals surface area contributed by atoms with Crippen molar-refractivity contribution in [3.8, 4) is 0 Å². The predicted molar refractivity (Wildman–Crippen MR) is 88.3 cm³/mol. The second-order valence-corrected chi connectivity index (χ2v) is 6.48. The molecular weight excluding hydrogens is 254 g/mol. The number of rotatable bonds is 10. The third-order valence-electron chi connectivity index (χ3n) is 4.08. The van der Waals surface area contributed by atoms with Crippen molar-refractivity contribution < 1.29 is 0 Å². The summed E-state index contributed by atoms with van der Waals surface area (Å²) in [5.74, 6) is 2.59. The molecule has 0 aromatic carbocycles. The van der Waals surface area contributed by atoms with E-state index in [0.717, 1.165) is 6.04 Å². The van der Waals surface area contributed by atoms with Crippen LogP contribution in [-0.2, 0) is 0 Å². The van der Waals surface area contributed by atoms with Gasteiger partial charge in [0.25, 0.3) is 0 Å². The van der Waals surface area contributed by atoms with Gasteiger partial charge in [0.2, 0.25) is 0 Å². The molecule has 0 spiro atoms. The van der Waals surface area contributed by atoms with Crippen LogP contribution in [0.2, 0.25) is 0 Å². The van der Waals surface area contributed by atoms with Crippen molar-refractivity contribution in [2.45, 2.75) is 39.7 Å². The second-order valence-electron chi connectivity index (χ2n) is 5.33. The van der Waals surface area contributed by atoms with E-state index in [4.69, 9.17) is 0 Å². The largest absolute Gasteiger partial charge is 0.312 e. The van der Waals surface area contributed by atoms with E-state index in [-0.39, 0.29) is 0 Å². The van der Waals surface area contributed by atoms with Crippen molar-refractivity contribution in [1.29, 1.82) is 0 Å². The lowest BCUT2D eigenvalue weighted by Gasteiger charge is -2.27. The average molecular weight is 288 g/mol. The molecule has 19 heavy (non-hydrogen) atoms. The molecule has 0 radical (unpaired) electrons. The van der Waals surface area contributed by atoms with E-state index in [9.17, 15) is 0 Å². The van der Waals surface area contributed by atoms with Gasteiger partial charge < -0.3 is 15.1 Å². The monoisotopic (exact) mass is 287 g/mol. The molecule has 0 aromatic heterocycles. The van der Waals surface area contributed by atoms with Gasteiger partial charge in [0.15, 0.2) is 0 Å². The van der Waals surface area contributed by atoms with Crippen LogP contribution in [0, 0.1) is 0 Å². The van der Waals surface area contributed by atoms with E-state index in [0.29, 0.717) is 0 Å². The Bertz CT molecular complexity index is 204. The van der Waals surface area contributed by atoms with E-state index in [1.807, 2.05) is 0 Å². The molecule has 1 aliphatic rings. The van der Waals surface area contributed by atoms with Crippen LogP contribution in [-0.4, -0.2) is 73.2 Å². The lowest BCUT2D eigenvalue weighted by Crippen LogP contribution is -2.40. The van der Waals surface area contributed by atoms with Crippen molar-refractivity contribution in [3.63, 3.8) is 0 Å². The maximum Gasteiger partial charge on any atom is 0.0170 e. The quantitative estimate of drug-likeness (QED) is 0.663. The molecule has 114 valence electrons. The van der Waals surface area contributed by atoms with Gasteiger partial charge in [0, 0.05) is 24.1 Å². The van der Waals surface area contributed by atoms with Crippen LogP contribution in [0.3, 0.4) is 0 Å². The summed E-state index contributed by atoms with van der Waals surface area (Å²) in [5.41, 5.74) is 0. The predicted octanol–water partition coefficient (Wildman–Crippen LogP) is 2.14. The minimum absolute atomic E-state index is 0.746. The Morgan fingerprint density at radius 1 is 1.00 bits per heavy atom. The molecule has 0 aromatic rings. The van der Waals surface area contributed by atoms with E-state index >= 15 is 0 Å². The van der Waals surface area contributed by atoms with Gasteiger partial charge in [0.1, 0.15) is 0 Å². The zero-order valence-electron chi connectivity index (χ0n) is 13.2. The van der Waals surface area contributed by atoms with E-state index in [1.54, 1.807) is 0 Å².